The maximum Gasteiger partial charge on any atom is 0.274 e. The largest absolute Gasteiger partial charge is 0.373 e. The fraction of sp³-hybridized carbons (Fsp3) is 0.500. The molecule has 5 heteroatoms. The van der Waals surface area contributed by atoms with E-state index in [0.717, 1.165) is 19.3 Å². The Bertz CT molecular complexity index is 408. The molecule has 1 aliphatic carbocycles. The molecule has 1 fully saturated rings. The van der Waals surface area contributed by atoms with Gasteiger partial charge in [0.05, 0.1) is 23.2 Å². The highest BCUT2D eigenvalue weighted by Crippen LogP contribution is 2.24. The SMILES string of the molecule is NC1CCC(OCc2ccccc2[N+](=O)[O-])C1. The Labute approximate surface area is 99.7 Å². The molecule has 1 aromatic carbocycles. The summed E-state index contributed by atoms with van der Waals surface area (Å²) < 4.78 is 5.67. The third-order valence-corrected chi connectivity index (χ3v) is 3.09. The summed E-state index contributed by atoms with van der Waals surface area (Å²) in [6.45, 7) is 0.286. The van der Waals surface area contributed by atoms with Gasteiger partial charge in [0, 0.05) is 12.1 Å². The highest BCUT2D eigenvalue weighted by molar-refractivity contribution is 5.39. The lowest BCUT2D eigenvalue weighted by Gasteiger charge is -2.11. The van der Waals surface area contributed by atoms with E-state index in [0.29, 0.717) is 5.56 Å². The van der Waals surface area contributed by atoms with Crippen molar-refractivity contribution in [2.45, 2.75) is 38.0 Å². The maximum absolute atomic E-state index is 10.8. The van der Waals surface area contributed by atoms with E-state index in [4.69, 9.17) is 10.5 Å². The number of rotatable bonds is 4. The first-order chi connectivity index (χ1) is 8.16. The topological polar surface area (TPSA) is 78.4 Å². The van der Waals surface area contributed by atoms with Crippen molar-refractivity contribution in [3.63, 3.8) is 0 Å². The van der Waals surface area contributed by atoms with Crippen molar-refractivity contribution in [2.24, 2.45) is 5.73 Å². The number of nitrogens with zero attached hydrogens (tertiary/aromatic N) is 1. The highest BCUT2D eigenvalue weighted by atomic mass is 16.6. The van der Waals surface area contributed by atoms with Crippen LogP contribution in [0.1, 0.15) is 24.8 Å². The molecular formula is C12H16N2O3. The van der Waals surface area contributed by atoms with Crippen LogP contribution in [0.15, 0.2) is 24.3 Å². The molecule has 1 aromatic rings. The van der Waals surface area contributed by atoms with Crippen molar-refractivity contribution in [3.05, 3.63) is 39.9 Å². The van der Waals surface area contributed by atoms with Gasteiger partial charge in [-0.25, -0.2) is 0 Å². The zero-order valence-electron chi connectivity index (χ0n) is 9.54. The Morgan fingerprint density at radius 2 is 2.18 bits per heavy atom. The van der Waals surface area contributed by atoms with E-state index in [-0.39, 0.29) is 29.4 Å². The number of nitro benzene ring substituents is 1. The van der Waals surface area contributed by atoms with Gasteiger partial charge in [-0.3, -0.25) is 10.1 Å². The fourth-order valence-electron chi connectivity index (χ4n) is 2.14. The summed E-state index contributed by atoms with van der Waals surface area (Å²) in [5.74, 6) is 0. The van der Waals surface area contributed by atoms with E-state index in [2.05, 4.69) is 0 Å². The summed E-state index contributed by atoms with van der Waals surface area (Å²) in [5.41, 5.74) is 6.53. The number of benzene rings is 1. The second-order valence-electron chi connectivity index (χ2n) is 4.39. The van der Waals surface area contributed by atoms with Crippen LogP contribution < -0.4 is 5.73 Å². The third kappa shape index (κ3) is 3.01. The van der Waals surface area contributed by atoms with Crippen LogP contribution in [0.4, 0.5) is 5.69 Å². The Morgan fingerprint density at radius 1 is 1.41 bits per heavy atom. The number of ether oxygens (including phenoxy) is 1. The zero-order chi connectivity index (χ0) is 12.3. The monoisotopic (exact) mass is 236 g/mol. The number of hydrogen-bond donors (Lipinski definition) is 1. The smallest absolute Gasteiger partial charge is 0.274 e. The molecular weight excluding hydrogens is 220 g/mol. The third-order valence-electron chi connectivity index (χ3n) is 3.09. The first-order valence-electron chi connectivity index (χ1n) is 5.76. The summed E-state index contributed by atoms with van der Waals surface area (Å²) in [4.78, 5) is 10.4. The molecule has 0 spiro atoms. The molecule has 17 heavy (non-hydrogen) atoms. The van der Waals surface area contributed by atoms with Crippen molar-refractivity contribution in [1.29, 1.82) is 0 Å². The lowest BCUT2D eigenvalue weighted by atomic mass is 10.2. The van der Waals surface area contributed by atoms with Crippen LogP contribution in [0.25, 0.3) is 0 Å². The van der Waals surface area contributed by atoms with Crippen molar-refractivity contribution >= 4 is 5.69 Å². The molecule has 0 bridgehead atoms. The van der Waals surface area contributed by atoms with Gasteiger partial charge in [0.2, 0.25) is 0 Å². The minimum atomic E-state index is -0.376. The van der Waals surface area contributed by atoms with Crippen molar-refractivity contribution in [3.8, 4) is 0 Å². The molecule has 2 rings (SSSR count). The lowest BCUT2D eigenvalue weighted by Crippen LogP contribution is -2.17. The summed E-state index contributed by atoms with van der Waals surface area (Å²) in [5, 5.41) is 10.8. The normalized spacial score (nSPS) is 23.8. The predicted molar refractivity (Wildman–Crippen MR) is 63.5 cm³/mol. The van der Waals surface area contributed by atoms with Crippen molar-refractivity contribution < 1.29 is 9.66 Å². The molecule has 0 saturated heterocycles. The number of nitrogens with two attached hydrogens (primary N) is 1. The van der Waals surface area contributed by atoms with Gasteiger partial charge in [0.25, 0.3) is 5.69 Å². The molecule has 2 unspecified atom stereocenters. The van der Waals surface area contributed by atoms with Crippen LogP contribution in [0.2, 0.25) is 0 Å². The maximum atomic E-state index is 10.8. The standard InChI is InChI=1S/C12H16N2O3/c13-10-5-6-11(7-10)17-8-9-3-1-2-4-12(9)14(15)16/h1-4,10-11H,5-8,13H2. The minimum absolute atomic E-state index is 0.120. The van der Waals surface area contributed by atoms with Gasteiger partial charge in [0.15, 0.2) is 0 Å². The van der Waals surface area contributed by atoms with Crippen LogP contribution in [-0.4, -0.2) is 17.1 Å². The van der Waals surface area contributed by atoms with E-state index in [1.165, 1.54) is 6.07 Å². The molecule has 0 aliphatic heterocycles. The highest BCUT2D eigenvalue weighted by Gasteiger charge is 2.23. The van der Waals surface area contributed by atoms with Crippen LogP contribution in [0.3, 0.4) is 0 Å². The summed E-state index contributed by atoms with van der Waals surface area (Å²) in [6, 6.07) is 6.89. The zero-order valence-corrected chi connectivity index (χ0v) is 9.54. The van der Waals surface area contributed by atoms with Crippen molar-refractivity contribution in [2.75, 3.05) is 0 Å². The molecule has 1 saturated carbocycles. The quantitative estimate of drug-likeness (QED) is 0.640. The summed E-state index contributed by atoms with van der Waals surface area (Å²) in [6.07, 6.45) is 2.91. The number of nitro groups is 1. The average Bonchev–Trinajstić information content (AvgIpc) is 2.73. The van der Waals surface area contributed by atoms with Gasteiger partial charge < -0.3 is 10.5 Å². The molecule has 2 N–H and O–H groups in total. The van der Waals surface area contributed by atoms with Gasteiger partial charge in [-0.05, 0) is 25.3 Å². The van der Waals surface area contributed by atoms with E-state index in [9.17, 15) is 10.1 Å². The van der Waals surface area contributed by atoms with Gasteiger partial charge in [0.1, 0.15) is 0 Å². The van der Waals surface area contributed by atoms with Crippen LogP contribution >= 0.6 is 0 Å². The molecule has 5 nitrogen and oxygen atoms in total. The molecule has 0 heterocycles. The van der Waals surface area contributed by atoms with Crippen LogP contribution in [0, 0.1) is 10.1 Å². The van der Waals surface area contributed by atoms with E-state index in [1.54, 1.807) is 18.2 Å². The molecule has 0 aromatic heterocycles. The first kappa shape index (κ1) is 12.0. The van der Waals surface area contributed by atoms with Gasteiger partial charge in [-0.15, -0.1) is 0 Å². The van der Waals surface area contributed by atoms with Gasteiger partial charge in [-0.1, -0.05) is 12.1 Å². The second kappa shape index (κ2) is 5.25. The summed E-state index contributed by atoms with van der Waals surface area (Å²) >= 11 is 0. The van der Waals surface area contributed by atoms with E-state index < -0.39 is 0 Å². The Hall–Kier alpha value is -1.46. The first-order valence-corrected chi connectivity index (χ1v) is 5.76. The predicted octanol–water partition coefficient (Wildman–Crippen LogP) is 1.99. The average molecular weight is 236 g/mol. The van der Waals surface area contributed by atoms with Crippen LogP contribution in [-0.2, 0) is 11.3 Å². The Balaban J connectivity index is 1.97. The second-order valence-corrected chi connectivity index (χ2v) is 4.39. The minimum Gasteiger partial charge on any atom is -0.373 e. The van der Waals surface area contributed by atoms with Gasteiger partial charge in [-0.2, -0.15) is 0 Å². The van der Waals surface area contributed by atoms with Crippen LogP contribution in [0.5, 0.6) is 0 Å². The van der Waals surface area contributed by atoms with E-state index in [1.807, 2.05) is 0 Å². The fourth-order valence-corrected chi connectivity index (χ4v) is 2.14. The summed E-state index contributed by atoms with van der Waals surface area (Å²) in [7, 11) is 0. The molecule has 2 atom stereocenters. The van der Waals surface area contributed by atoms with E-state index >= 15 is 0 Å². The molecule has 0 radical (unpaired) electrons. The van der Waals surface area contributed by atoms with Gasteiger partial charge >= 0.3 is 0 Å². The Kier molecular flexibility index (Phi) is 3.71. The van der Waals surface area contributed by atoms with Crippen molar-refractivity contribution in [1.82, 2.24) is 0 Å². The molecule has 0 amide bonds. The number of hydrogen-bond acceptors (Lipinski definition) is 4. The lowest BCUT2D eigenvalue weighted by molar-refractivity contribution is -0.386. The molecule has 92 valence electrons. The Morgan fingerprint density at radius 3 is 2.82 bits per heavy atom. The molecule has 1 aliphatic rings. The number of para-hydroxylation sites is 1.